The summed E-state index contributed by atoms with van der Waals surface area (Å²) in [4.78, 5) is 30.3. The molecule has 0 amide bonds. The second-order valence-electron chi connectivity index (χ2n) is 5.11. The molecule has 2 aromatic heterocycles. The van der Waals surface area contributed by atoms with Crippen LogP contribution in [0, 0.1) is 5.92 Å². The van der Waals surface area contributed by atoms with Crippen LogP contribution >= 0.6 is 11.3 Å². The number of fused-ring (bicyclic) bond motifs is 1. The maximum atomic E-state index is 12.2. The molecule has 0 aliphatic carbocycles. The Morgan fingerprint density at radius 3 is 2.95 bits per heavy atom. The summed E-state index contributed by atoms with van der Waals surface area (Å²) in [5.41, 5.74) is 5.50. The van der Waals surface area contributed by atoms with Gasteiger partial charge in [0.25, 0.3) is 5.56 Å². The number of hydrogen-bond acceptors (Lipinski definition) is 6. The number of aromatic nitrogens is 3. The van der Waals surface area contributed by atoms with Crippen molar-refractivity contribution in [3.8, 4) is 0 Å². The summed E-state index contributed by atoms with van der Waals surface area (Å²) in [5, 5.41) is 0. The first-order chi connectivity index (χ1) is 9.51. The quantitative estimate of drug-likeness (QED) is 0.862. The number of nitrogen functional groups attached to an aromatic ring is 1. The van der Waals surface area contributed by atoms with Gasteiger partial charge in [0.1, 0.15) is 10.9 Å². The van der Waals surface area contributed by atoms with Crippen molar-refractivity contribution in [1.29, 1.82) is 0 Å². The fourth-order valence-corrected chi connectivity index (χ4v) is 3.51. The van der Waals surface area contributed by atoms with Gasteiger partial charge < -0.3 is 10.5 Å². The van der Waals surface area contributed by atoms with Crippen LogP contribution in [-0.2, 0) is 4.74 Å². The Morgan fingerprint density at radius 1 is 1.55 bits per heavy atom. The number of H-pyrrole nitrogens is 1. The zero-order valence-corrected chi connectivity index (χ0v) is 12.1. The largest absolute Gasteiger partial charge is 0.369 e. The molecule has 3 rings (SSSR count). The molecule has 108 valence electrons. The number of anilines is 1. The first-order valence-electron chi connectivity index (χ1n) is 6.57. The highest BCUT2D eigenvalue weighted by Crippen LogP contribution is 2.36. The number of aromatic amines is 1. The van der Waals surface area contributed by atoms with Gasteiger partial charge in [-0.2, -0.15) is 4.98 Å². The van der Waals surface area contributed by atoms with Gasteiger partial charge in [-0.15, -0.1) is 0 Å². The van der Waals surface area contributed by atoms with E-state index in [4.69, 9.17) is 10.5 Å². The summed E-state index contributed by atoms with van der Waals surface area (Å²) in [6.07, 6.45) is 1.54. The molecule has 1 saturated heterocycles. The van der Waals surface area contributed by atoms with E-state index in [1.807, 2.05) is 6.92 Å². The Kier molecular flexibility index (Phi) is 3.14. The van der Waals surface area contributed by atoms with Crippen molar-refractivity contribution >= 4 is 27.6 Å². The van der Waals surface area contributed by atoms with Crippen LogP contribution in [0.1, 0.15) is 32.9 Å². The van der Waals surface area contributed by atoms with Gasteiger partial charge in [0, 0.05) is 5.92 Å². The zero-order chi connectivity index (χ0) is 14.4. The third-order valence-electron chi connectivity index (χ3n) is 3.65. The standard InChI is InChI=1S/C12H16N4O3S/c1-3-6-4-5(2)10(19-6)16-8-7(20-12(16)18)9(17)15-11(13)14-8/h5-6,10H,3-4H2,1-2H3,(H3,13,14,15,17)/t5-,6?,10?/m1/s1. The first kappa shape index (κ1) is 13.3. The fourth-order valence-electron chi connectivity index (χ4n) is 2.67. The Morgan fingerprint density at radius 2 is 2.30 bits per heavy atom. The summed E-state index contributed by atoms with van der Waals surface area (Å²) in [5.74, 6) is 0.199. The molecule has 0 spiro atoms. The molecule has 3 N–H and O–H groups in total. The van der Waals surface area contributed by atoms with Crippen molar-refractivity contribution in [3.63, 3.8) is 0 Å². The van der Waals surface area contributed by atoms with Gasteiger partial charge in [-0.3, -0.25) is 19.1 Å². The van der Waals surface area contributed by atoms with Crippen LogP contribution in [0.2, 0.25) is 0 Å². The Bertz CT molecular complexity index is 762. The van der Waals surface area contributed by atoms with E-state index in [1.165, 1.54) is 4.57 Å². The van der Waals surface area contributed by atoms with E-state index in [-0.39, 0.29) is 34.6 Å². The van der Waals surface area contributed by atoms with Crippen LogP contribution in [0.15, 0.2) is 9.59 Å². The van der Waals surface area contributed by atoms with E-state index in [9.17, 15) is 9.59 Å². The Labute approximate surface area is 118 Å². The van der Waals surface area contributed by atoms with Crippen molar-refractivity contribution in [2.45, 2.75) is 39.0 Å². The molecule has 1 fully saturated rings. The van der Waals surface area contributed by atoms with Gasteiger partial charge in [-0.05, 0) is 12.8 Å². The van der Waals surface area contributed by atoms with Crippen LogP contribution in [-0.4, -0.2) is 20.6 Å². The van der Waals surface area contributed by atoms with E-state index < -0.39 is 0 Å². The molecule has 2 unspecified atom stereocenters. The Balaban J connectivity index is 2.19. The Hall–Kier alpha value is -1.67. The molecule has 1 aliphatic rings. The minimum absolute atomic E-state index is 0.00624. The number of nitrogens with zero attached hydrogens (tertiary/aromatic N) is 2. The van der Waals surface area contributed by atoms with Crippen LogP contribution in [0.4, 0.5) is 5.95 Å². The third-order valence-corrected chi connectivity index (χ3v) is 4.60. The minimum Gasteiger partial charge on any atom is -0.369 e. The molecule has 0 bridgehead atoms. The average molecular weight is 296 g/mol. The molecule has 2 aromatic rings. The number of ether oxygens (including phenoxy) is 1. The van der Waals surface area contributed by atoms with Gasteiger partial charge in [-0.25, -0.2) is 0 Å². The van der Waals surface area contributed by atoms with Gasteiger partial charge >= 0.3 is 4.87 Å². The molecule has 0 radical (unpaired) electrons. The second kappa shape index (κ2) is 4.71. The van der Waals surface area contributed by atoms with Gasteiger partial charge in [-0.1, -0.05) is 25.2 Å². The van der Waals surface area contributed by atoms with Gasteiger partial charge in [0.15, 0.2) is 5.65 Å². The third kappa shape index (κ3) is 1.95. The number of hydrogen-bond donors (Lipinski definition) is 2. The molecule has 3 atom stereocenters. The summed E-state index contributed by atoms with van der Waals surface area (Å²) in [7, 11) is 0. The minimum atomic E-state index is -0.383. The number of thiazole rings is 1. The highest BCUT2D eigenvalue weighted by atomic mass is 32.1. The van der Waals surface area contributed by atoms with Crippen molar-refractivity contribution in [2.75, 3.05) is 5.73 Å². The number of rotatable bonds is 2. The highest BCUT2D eigenvalue weighted by molar-refractivity contribution is 7.16. The predicted octanol–water partition coefficient (Wildman–Crippen LogP) is 1.06. The lowest BCUT2D eigenvalue weighted by Gasteiger charge is -2.16. The van der Waals surface area contributed by atoms with Crippen LogP contribution in [0.3, 0.4) is 0 Å². The smallest absolute Gasteiger partial charge is 0.311 e. The topological polar surface area (TPSA) is 103 Å². The normalized spacial score (nSPS) is 26.4. The van der Waals surface area contributed by atoms with Crippen LogP contribution in [0.5, 0.6) is 0 Å². The fraction of sp³-hybridized carbons (Fsp3) is 0.583. The lowest BCUT2D eigenvalue weighted by Crippen LogP contribution is -2.24. The zero-order valence-electron chi connectivity index (χ0n) is 11.3. The van der Waals surface area contributed by atoms with E-state index in [0.29, 0.717) is 10.3 Å². The second-order valence-corrected chi connectivity index (χ2v) is 6.07. The number of nitrogens with two attached hydrogens (primary N) is 1. The highest BCUT2D eigenvalue weighted by Gasteiger charge is 2.35. The molecule has 3 heterocycles. The first-order valence-corrected chi connectivity index (χ1v) is 7.39. The molecule has 0 saturated carbocycles. The van der Waals surface area contributed by atoms with Crippen LogP contribution < -0.4 is 16.2 Å². The number of nitrogens with one attached hydrogen (secondary N) is 1. The van der Waals surface area contributed by atoms with Crippen molar-refractivity contribution in [3.05, 3.63) is 20.0 Å². The van der Waals surface area contributed by atoms with E-state index >= 15 is 0 Å². The molecule has 1 aliphatic heterocycles. The summed E-state index contributed by atoms with van der Waals surface area (Å²) in [6, 6.07) is 0. The summed E-state index contributed by atoms with van der Waals surface area (Å²) >= 11 is 0.877. The molecule has 0 aromatic carbocycles. The SMILES string of the molecule is CCC1C[C@@H](C)C(n2c(=O)sc3c(=O)[nH]c(N)nc32)O1. The molecule has 20 heavy (non-hydrogen) atoms. The molecule has 8 heteroatoms. The van der Waals surface area contributed by atoms with Crippen molar-refractivity contribution in [1.82, 2.24) is 14.5 Å². The summed E-state index contributed by atoms with van der Waals surface area (Å²) < 4.78 is 7.67. The van der Waals surface area contributed by atoms with Crippen molar-refractivity contribution in [2.24, 2.45) is 5.92 Å². The molecule has 7 nitrogen and oxygen atoms in total. The van der Waals surface area contributed by atoms with E-state index in [0.717, 1.165) is 24.2 Å². The maximum Gasteiger partial charge on any atom is 0.311 e. The average Bonchev–Trinajstić information content (AvgIpc) is 2.89. The lowest BCUT2D eigenvalue weighted by molar-refractivity contribution is -0.0100. The molecular formula is C12H16N4O3S. The molecular weight excluding hydrogens is 280 g/mol. The van der Waals surface area contributed by atoms with E-state index in [1.54, 1.807) is 0 Å². The predicted molar refractivity (Wildman–Crippen MR) is 76.9 cm³/mol. The van der Waals surface area contributed by atoms with Crippen LogP contribution in [0.25, 0.3) is 10.3 Å². The maximum absolute atomic E-state index is 12.2. The summed E-state index contributed by atoms with van der Waals surface area (Å²) in [6.45, 7) is 4.09. The van der Waals surface area contributed by atoms with E-state index in [2.05, 4.69) is 16.9 Å². The van der Waals surface area contributed by atoms with Gasteiger partial charge in [0.2, 0.25) is 5.95 Å². The van der Waals surface area contributed by atoms with Gasteiger partial charge in [0.05, 0.1) is 6.10 Å². The van der Waals surface area contributed by atoms with Crippen molar-refractivity contribution < 1.29 is 4.74 Å². The monoisotopic (exact) mass is 296 g/mol. The lowest BCUT2D eigenvalue weighted by atomic mass is 10.0.